The lowest BCUT2D eigenvalue weighted by Crippen LogP contribution is -1.97. The summed E-state index contributed by atoms with van der Waals surface area (Å²) in [7, 11) is 0. The molecule has 3 heteroatoms. The minimum Gasteiger partial charge on any atom is -0.354 e. The second-order valence-corrected chi connectivity index (χ2v) is 5.97. The molecule has 0 saturated carbocycles. The summed E-state index contributed by atoms with van der Waals surface area (Å²) in [5.41, 5.74) is 5.06. The lowest BCUT2D eigenvalue weighted by Gasteiger charge is -2.13. The van der Waals surface area contributed by atoms with Crippen molar-refractivity contribution in [2.45, 2.75) is 25.7 Å². The number of nitrogens with zero attached hydrogens (tertiary/aromatic N) is 1. The van der Waals surface area contributed by atoms with Gasteiger partial charge >= 0.3 is 0 Å². The average molecular weight is 282 g/mol. The average Bonchev–Trinajstić information content (AvgIpc) is 2.42. The molecule has 2 nitrogen and oxygen atoms in total. The molecule has 0 atom stereocenters. The van der Waals surface area contributed by atoms with Crippen LogP contribution in [0, 0.1) is 25.2 Å². The standard InChI is InChI=1S/C17H18N2S/c1-4-20-17-7-5-6-16(14(17)11-18)19-15-9-8-12(2)10-13(15)3/h5-10,19H,4H2,1-3H3. The summed E-state index contributed by atoms with van der Waals surface area (Å²) in [4.78, 5) is 1.03. The van der Waals surface area contributed by atoms with Crippen LogP contribution in [0.4, 0.5) is 11.4 Å². The molecular weight excluding hydrogens is 264 g/mol. The van der Waals surface area contributed by atoms with E-state index < -0.39 is 0 Å². The highest BCUT2D eigenvalue weighted by molar-refractivity contribution is 7.99. The lowest BCUT2D eigenvalue weighted by atomic mass is 10.1. The van der Waals surface area contributed by atoms with Gasteiger partial charge < -0.3 is 5.32 Å². The van der Waals surface area contributed by atoms with Crippen LogP contribution in [-0.2, 0) is 0 Å². The predicted molar refractivity (Wildman–Crippen MR) is 86.8 cm³/mol. The zero-order chi connectivity index (χ0) is 14.5. The highest BCUT2D eigenvalue weighted by atomic mass is 32.2. The minimum absolute atomic E-state index is 0.722. The van der Waals surface area contributed by atoms with Crippen LogP contribution in [0.25, 0.3) is 0 Å². The Labute approximate surface area is 124 Å². The molecule has 2 aromatic rings. The second kappa shape index (κ2) is 6.49. The summed E-state index contributed by atoms with van der Waals surface area (Å²) in [6.07, 6.45) is 0. The smallest absolute Gasteiger partial charge is 0.103 e. The van der Waals surface area contributed by atoms with Gasteiger partial charge in [-0.05, 0) is 43.4 Å². The molecular formula is C17H18N2S. The number of nitrogens with one attached hydrogen (secondary N) is 1. The molecule has 0 unspecified atom stereocenters. The molecule has 0 aliphatic rings. The van der Waals surface area contributed by atoms with Gasteiger partial charge in [-0.1, -0.05) is 30.7 Å². The number of rotatable bonds is 4. The van der Waals surface area contributed by atoms with E-state index in [0.29, 0.717) is 0 Å². The Balaban J connectivity index is 2.38. The Morgan fingerprint density at radius 3 is 2.60 bits per heavy atom. The number of hydrogen-bond donors (Lipinski definition) is 1. The van der Waals surface area contributed by atoms with Crippen molar-refractivity contribution in [2.75, 3.05) is 11.1 Å². The van der Waals surface area contributed by atoms with E-state index in [0.717, 1.165) is 27.6 Å². The van der Waals surface area contributed by atoms with E-state index in [9.17, 15) is 5.26 Å². The van der Waals surface area contributed by atoms with Gasteiger partial charge in [0, 0.05) is 10.6 Å². The number of aryl methyl sites for hydroxylation is 2. The van der Waals surface area contributed by atoms with Crippen molar-refractivity contribution in [3.63, 3.8) is 0 Å². The van der Waals surface area contributed by atoms with Crippen molar-refractivity contribution in [1.29, 1.82) is 5.26 Å². The molecule has 2 aromatic carbocycles. The van der Waals surface area contributed by atoms with E-state index in [1.165, 1.54) is 11.1 Å². The Hall–Kier alpha value is -1.92. The van der Waals surface area contributed by atoms with Crippen molar-refractivity contribution in [1.82, 2.24) is 0 Å². The van der Waals surface area contributed by atoms with Gasteiger partial charge in [-0.25, -0.2) is 0 Å². The zero-order valence-electron chi connectivity index (χ0n) is 12.0. The molecule has 2 rings (SSSR count). The number of anilines is 2. The van der Waals surface area contributed by atoms with Gasteiger partial charge in [-0.15, -0.1) is 11.8 Å². The topological polar surface area (TPSA) is 35.8 Å². The number of thioether (sulfide) groups is 1. The molecule has 0 aliphatic heterocycles. The van der Waals surface area contributed by atoms with Gasteiger partial charge in [0.05, 0.1) is 11.3 Å². The van der Waals surface area contributed by atoms with Gasteiger partial charge in [0.1, 0.15) is 6.07 Å². The SMILES string of the molecule is CCSc1cccc(Nc2ccc(C)cc2C)c1C#N. The van der Waals surface area contributed by atoms with Gasteiger partial charge in [-0.3, -0.25) is 0 Å². The second-order valence-electron chi connectivity index (χ2n) is 4.67. The minimum atomic E-state index is 0.722. The maximum Gasteiger partial charge on any atom is 0.103 e. The largest absolute Gasteiger partial charge is 0.354 e. The van der Waals surface area contributed by atoms with Gasteiger partial charge in [-0.2, -0.15) is 5.26 Å². The maximum atomic E-state index is 9.41. The lowest BCUT2D eigenvalue weighted by molar-refractivity contribution is 1.33. The van der Waals surface area contributed by atoms with Crippen LogP contribution in [0.15, 0.2) is 41.3 Å². The highest BCUT2D eigenvalue weighted by Crippen LogP contribution is 2.30. The Morgan fingerprint density at radius 1 is 1.15 bits per heavy atom. The van der Waals surface area contributed by atoms with E-state index in [2.05, 4.69) is 50.4 Å². The molecule has 0 heterocycles. The van der Waals surface area contributed by atoms with Crippen LogP contribution < -0.4 is 5.32 Å². The van der Waals surface area contributed by atoms with Gasteiger partial charge in [0.25, 0.3) is 0 Å². The fourth-order valence-electron chi connectivity index (χ4n) is 2.13. The highest BCUT2D eigenvalue weighted by Gasteiger charge is 2.09. The van der Waals surface area contributed by atoms with Crippen molar-refractivity contribution in [3.05, 3.63) is 53.1 Å². The molecule has 0 bridgehead atoms. The molecule has 102 valence electrons. The molecule has 20 heavy (non-hydrogen) atoms. The predicted octanol–water partition coefficient (Wildman–Crippen LogP) is 5.03. The number of benzene rings is 2. The fourth-order valence-corrected chi connectivity index (χ4v) is 2.91. The summed E-state index contributed by atoms with van der Waals surface area (Å²) in [5, 5.41) is 12.8. The third kappa shape index (κ3) is 3.15. The van der Waals surface area contributed by atoms with E-state index in [1.807, 2.05) is 18.2 Å². The summed E-state index contributed by atoms with van der Waals surface area (Å²) in [5.74, 6) is 0.960. The van der Waals surface area contributed by atoms with E-state index in [1.54, 1.807) is 11.8 Å². The van der Waals surface area contributed by atoms with Crippen molar-refractivity contribution >= 4 is 23.1 Å². The monoisotopic (exact) mass is 282 g/mol. The normalized spacial score (nSPS) is 10.1. The first-order chi connectivity index (χ1) is 9.65. The molecule has 0 saturated heterocycles. The summed E-state index contributed by atoms with van der Waals surface area (Å²) >= 11 is 1.70. The molecule has 1 N–H and O–H groups in total. The first-order valence-corrected chi connectivity index (χ1v) is 7.64. The van der Waals surface area contributed by atoms with E-state index >= 15 is 0 Å². The third-order valence-electron chi connectivity index (χ3n) is 3.09. The fraction of sp³-hybridized carbons (Fsp3) is 0.235. The van der Waals surface area contributed by atoms with Gasteiger partial charge in [0.2, 0.25) is 0 Å². The Bertz CT molecular complexity index is 657. The summed E-state index contributed by atoms with van der Waals surface area (Å²) in [6.45, 7) is 6.25. The first-order valence-electron chi connectivity index (χ1n) is 6.66. The Kier molecular flexibility index (Phi) is 4.70. The molecule has 0 aliphatic carbocycles. The molecule has 0 spiro atoms. The number of hydrogen-bond acceptors (Lipinski definition) is 3. The third-order valence-corrected chi connectivity index (χ3v) is 4.03. The van der Waals surface area contributed by atoms with Gasteiger partial charge in [0.15, 0.2) is 0 Å². The molecule has 0 amide bonds. The maximum absolute atomic E-state index is 9.41. The van der Waals surface area contributed by atoms with Crippen LogP contribution in [0.3, 0.4) is 0 Å². The van der Waals surface area contributed by atoms with Crippen LogP contribution in [-0.4, -0.2) is 5.75 Å². The molecule has 0 radical (unpaired) electrons. The van der Waals surface area contributed by atoms with Crippen molar-refractivity contribution in [2.24, 2.45) is 0 Å². The van der Waals surface area contributed by atoms with Crippen LogP contribution in [0.1, 0.15) is 23.6 Å². The van der Waals surface area contributed by atoms with Crippen molar-refractivity contribution < 1.29 is 0 Å². The zero-order valence-corrected chi connectivity index (χ0v) is 12.8. The van der Waals surface area contributed by atoms with Crippen LogP contribution in [0.2, 0.25) is 0 Å². The van der Waals surface area contributed by atoms with E-state index in [-0.39, 0.29) is 0 Å². The van der Waals surface area contributed by atoms with Crippen molar-refractivity contribution in [3.8, 4) is 6.07 Å². The van der Waals surface area contributed by atoms with E-state index in [4.69, 9.17) is 0 Å². The Morgan fingerprint density at radius 2 is 1.95 bits per heavy atom. The first kappa shape index (κ1) is 14.5. The van der Waals surface area contributed by atoms with Crippen LogP contribution in [0.5, 0.6) is 0 Å². The summed E-state index contributed by atoms with van der Waals surface area (Å²) in [6, 6.07) is 14.5. The number of nitriles is 1. The molecule has 0 aromatic heterocycles. The molecule has 0 fully saturated rings. The van der Waals surface area contributed by atoms with Crippen LogP contribution >= 0.6 is 11.8 Å². The summed E-state index contributed by atoms with van der Waals surface area (Å²) < 4.78 is 0. The quantitative estimate of drug-likeness (QED) is 0.799.